The second kappa shape index (κ2) is 10.9. The zero-order chi connectivity index (χ0) is 19.1. The molecule has 1 aromatic heterocycles. The molecule has 3 N–H and O–H groups in total. The maximum absolute atomic E-state index is 6.04. The predicted octanol–water partition coefficient (Wildman–Crippen LogP) is 3.63. The molecule has 1 saturated heterocycles. The monoisotopic (exact) mass is 497 g/mol. The zero-order valence-electron chi connectivity index (χ0n) is 16.4. The summed E-state index contributed by atoms with van der Waals surface area (Å²) in [5.41, 5.74) is 7.91. The average molecular weight is 497 g/mol. The number of pyridine rings is 1. The van der Waals surface area contributed by atoms with Crippen LogP contribution in [0.2, 0.25) is 0 Å². The SMILES string of the molecule is COc1ccc(NC(N)=NCc2ccnc(N3CCCCC3)c2)cc1OC.I. The van der Waals surface area contributed by atoms with Crippen LogP contribution in [0.5, 0.6) is 11.5 Å². The fourth-order valence-corrected chi connectivity index (χ4v) is 3.13. The molecule has 0 aliphatic carbocycles. The standard InChI is InChI=1S/C20H27N5O2.HI/c1-26-17-7-6-16(13-18(17)27-2)24-20(21)23-14-15-8-9-22-19(12-15)25-10-4-3-5-11-25;/h6-9,12-13H,3-5,10-11,14H2,1-2H3,(H3,21,23,24);1H. The fourth-order valence-electron chi connectivity index (χ4n) is 3.13. The van der Waals surface area contributed by atoms with Gasteiger partial charge < -0.3 is 25.4 Å². The summed E-state index contributed by atoms with van der Waals surface area (Å²) in [6.45, 7) is 2.64. The van der Waals surface area contributed by atoms with E-state index in [-0.39, 0.29) is 24.0 Å². The molecule has 1 fully saturated rings. The van der Waals surface area contributed by atoms with Crippen LogP contribution in [0.1, 0.15) is 24.8 Å². The Bertz CT molecular complexity index is 794. The summed E-state index contributed by atoms with van der Waals surface area (Å²) in [7, 11) is 3.20. The van der Waals surface area contributed by atoms with Gasteiger partial charge in [-0.05, 0) is 49.1 Å². The summed E-state index contributed by atoms with van der Waals surface area (Å²) in [4.78, 5) is 11.3. The third-order valence-corrected chi connectivity index (χ3v) is 4.58. The number of aliphatic imine (C=N–C) groups is 1. The molecule has 2 aromatic rings. The largest absolute Gasteiger partial charge is 0.493 e. The molecule has 1 aliphatic heterocycles. The number of halogens is 1. The third kappa shape index (κ3) is 5.88. The second-order valence-electron chi connectivity index (χ2n) is 6.47. The van der Waals surface area contributed by atoms with Crippen molar-refractivity contribution < 1.29 is 9.47 Å². The van der Waals surface area contributed by atoms with Crippen molar-refractivity contribution in [1.29, 1.82) is 0 Å². The van der Waals surface area contributed by atoms with E-state index in [1.54, 1.807) is 14.2 Å². The molecular formula is C20H28IN5O2. The minimum Gasteiger partial charge on any atom is -0.493 e. The van der Waals surface area contributed by atoms with Crippen molar-refractivity contribution >= 4 is 41.4 Å². The van der Waals surface area contributed by atoms with E-state index in [0.717, 1.165) is 30.2 Å². The maximum atomic E-state index is 6.04. The topological polar surface area (TPSA) is 85.0 Å². The summed E-state index contributed by atoms with van der Waals surface area (Å²) >= 11 is 0. The van der Waals surface area contributed by atoms with Crippen LogP contribution in [0.4, 0.5) is 11.5 Å². The normalized spacial score (nSPS) is 14.2. The predicted molar refractivity (Wildman–Crippen MR) is 124 cm³/mol. The molecule has 3 rings (SSSR count). The summed E-state index contributed by atoms with van der Waals surface area (Å²) in [5, 5.41) is 3.08. The highest BCUT2D eigenvalue weighted by atomic mass is 127. The molecule has 0 atom stereocenters. The summed E-state index contributed by atoms with van der Waals surface area (Å²) in [6.07, 6.45) is 5.60. The number of nitrogens with two attached hydrogens (primary N) is 1. The number of rotatable bonds is 6. The molecule has 7 nitrogen and oxygen atoms in total. The molecule has 0 radical (unpaired) electrons. The van der Waals surface area contributed by atoms with Crippen molar-refractivity contribution in [3.05, 3.63) is 42.1 Å². The van der Waals surface area contributed by atoms with E-state index in [1.807, 2.05) is 30.5 Å². The van der Waals surface area contributed by atoms with Crippen molar-refractivity contribution in [3.63, 3.8) is 0 Å². The molecule has 0 amide bonds. The fraction of sp³-hybridized carbons (Fsp3) is 0.400. The molecule has 1 aromatic carbocycles. The third-order valence-electron chi connectivity index (χ3n) is 4.58. The van der Waals surface area contributed by atoms with E-state index < -0.39 is 0 Å². The first-order chi connectivity index (χ1) is 13.2. The minimum absolute atomic E-state index is 0. The summed E-state index contributed by atoms with van der Waals surface area (Å²) in [6, 6.07) is 9.58. The Kier molecular flexibility index (Phi) is 8.62. The second-order valence-corrected chi connectivity index (χ2v) is 6.47. The van der Waals surface area contributed by atoms with Crippen LogP contribution in [-0.2, 0) is 6.54 Å². The van der Waals surface area contributed by atoms with Gasteiger partial charge in [-0.3, -0.25) is 0 Å². The van der Waals surface area contributed by atoms with Gasteiger partial charge in [-0.2, -0.15) is 0 Å². The molecule has 8 heteroatoms. The molecule has 0 spiro atoms. The van der Waals surface area contributed by atoms with E-state index in [0.29, 0.717) is 24.0 Å². The Morgan fingerprint density at radius 2 is 1.86 bits per heavy atom. The van der Waals surface area contributed by atoms with Gasteiger partial charge in [0.25, 0.3) is 0 Å². The Morgan fingerprint density at radius 3 is 2.57 bits per heavy atom. The van der Waals surface area contributed by atoms with Crippen LogP contribution in [0, 0.1) is 0 Å². The first kappa shape index (κ1) is 22.1. The molecule has 152 valence electrons. The van der Waals surface area contributed by atoms with Crippen molar-refractivity contribution in [1.82, 2.24) is 4.98 Å². The van der Waals surface area contributed by atoms with Gasteiger partial charge in [0, 0.05) is 31.0 Å². The molecule has 28 heavy (non-hydrogen) atoms. The van der Waals surface area contributed by atoms with Crippen molar-refractivity contribution in [2.24, 2.45) is 10.7 Å². The van der Waals surface area contributed by atoms with Crippen LogP contribution in [-0.4, -0.2) is 38.3 Å². The van der Waals surface area contributed by atoms with Gasteiger partial charge in [0.05, 0.1) is 20.8 Å². The zero-order valence-corrected chi connectivity index (χ0v) is 18.7. The smallest absolute Gasteiger partial charge is 0.193 e. The molecular weight excluding hydrogens is 469 g/mol. The van der Waals surface area contributed by atoms with E-state index in [4.69, 9.17) is 15.2 Å². The van der Waals surface area contributed by atoms with Crippen LogP contribution >= 0.6 is 24.0 Å². The molecule has 0 bridgehead atoms. The highest BCUT2D eigenvalue weighted by Crippen LogP contribution is 2.29. The van der Waals surface area contributed by atoms with E-state index in [2.05, 4.69) is 26.3 Å². The molecule has 2 heterocycles. The molecule has 0 unspecified atom stereocenters. The van der Waals surface area contributed by atoms with Gasteiger partial charge in [0.15, 0.2) is 17.5 Å². The van der Waals surface area contributed by atoms with Gasteiger partial charge >= 0.3 is 0 Å². The van der Waals surface area contributed by atoms with Crippen LogP contribution in [0.3, 0.4) is 0 Å². The van der Waals surface area contributed by atoms with Gasteiger partial charge in [-0.1, -0.05) is 0 Å². The molecule has 0 saturated carbocycles. The maximum Gasteiger partial charge on any atom is 0.193 e. The van der Waals surface area contributed by atoms with Crippen LogP contribution in [0.25, 0.3) is 0 Å². The summed E-state index contributed by atoms with van der Waals surface area (Å²) < 4.78 is 10.5. The average Bonchev–Trinajstić information content (AvgIpc) is 2.73. The molecule has 1 aliphatic rings. The number of anilines is 2. The number of piperidine rings is 1. The lowest BCUT2D eigenvalue weighted by Crippen LogP contribution is -2.30. The Labute approximate surface area is 183 Å². The highest BCUT2D eigenvalue weighted by Gasteiger charge is 2.12. The van der Waals surface area contributed by atoms with Gasteiger partial charge in [-0.25, -0.2) is 9.98 Å². The Balaban J connectivity index is 0.00000280. The Hall–Kier alpha value is -2.23. The summed E-state index contributed by atoms with van der Waals surface area (Å²) in [5.74, 6) is 2.67. The lowest BCUT2D eigenvalue weighted by atomic mass is 10.1. The number of nitrogens with one attached hydrogen (secondary N) is 1. The van der Waals surface area contributed by atoms with Gasteiger partial charge in [0.2, 0.25) is 0 Å². The minimum atomic E-state index is 0. The van der Waals surface area contributed by atoms with Crippen LogP contribution in [0.15, 0.2) is 41.5 Å². The number of aromatic nitrogens is 1. The number of guanidine groups is 1. The van der Waals surface area contributed by atoms with Gasteiger partial charge in [0.1, 0.15) is 5.82 Å². The van der Waals surface area contributed by atoms with Crippen molar-refractivity contribution in [2.45, 2.75) is 25.8 Å². The number of hydrogen-bond acceptors (Lipinski definition) is 5. The van der Waals surface area contributed by atoms with E-state index >= 15 is 0 Å². The van der Waals surface area contributed by atoms with E-state index in [9.17, 15) is 0 Å². The lowest BCUT2D eigenvalue weighted by Gasteiger charge is -2.27. The Morgan fingerprint density at radius 1 is 1.11 bits per heavy atom. The number of methoxy groups -OCH3 is 2. The number of hydrogen-bond donors (Lipinski definition) is 2. The number of benzene rings is 1. The number of nitrogens with zero attached hydrogens (tertiary/aromatic N) is 3. The van der Waals surface area contributed by atoms with Crippen LogP contribution < -0.4 is 25.4 Å². The first-order valence-corrected chi connectivity index (χ1v) is 9.18. The number of ether oxygens (including phenoxy) is 2. The highest BCUT2D eigenvalue weighted by molar-refractivity contribution is 14.0. The van der Waals surface area contributed by atoms with Crippen molar-refractivity contribution in [3.8, 4) is 11.5 Å². The first-order valence-electron chi connectivity index (χ1n) is 9.18. The quantitative estimate of drug-likeness (QED) is 0.360. The lowest BCUT2D eigenvalue weighted by molar-refractivity contribution is 0.355. The van der Waals surface area contributed by atoms with Crippen molar-refractivity contribution in [2.75, 3.05) is 37.5 Å². The van der Waals surface area contributed by atoms with E-state index in [1.165, 1.54) is 19.3 Å². The van der Waals surface area contributed by atoms with Gasteiger partial charge in [-0.15, -0.1) is 24.0 Å².